The normalized spacial score (nSPS) is 22.8. The van der Waals surface area contributed by atoms with Crippen LogP contribution in [0, 0.1) is 11.8 Å². The van der Waals surface area contributed by atoms with E-state index in [1.807, 2.05) is 0 Å². The van der Waals surface area contributed by atoms with Crippen LogP contribution >= 0.6 is 0 Å². The van der Waals surface area contributed by atoms with Gasteiger partial charge in [-0.2, -0.15) is 0 Å². The van der Waals surface area contributed by atoms with E-state index in [1.165, 1.54) is 13.3 Å². The van der Waals surface area contributed by atoms with E-state index in [-0.39, 0.29) is 24.5 Å². The van der Waals surface area contributed by atoms with E-state index in [1.54, 1.807) is 24.3 Å². The highest BCUT2D eigenvalue weighted by atomic mass is 16.5. The fourth-order valence-corrected chi connectivity index (χ4v) is 3.14. The third kappa shape index (κ3) is 5.59. The molecule has 0 unspecified atom stereocenters. The van der Waals surface area contributed by atoms with Gasteiger partial charge in [0.15, 0.2) is 6.61 Å². The number of hydrogen-bond donors (Lipinski definition) is 2. The molecule has 0 saturated heterocycles. The first-order chi connectivity index (χ1) is 11.9. The van der Waals surface area contributed by atoms with Crippen LogP contribution in [0.25, 0.3) is 0 Å². The number of hydrogen-bond acceptors (Lipinski definition) is 4. The molecule has 2 N–H and O–H groups in total. The number of esters is 1. The van der Waals surface area contributed by atoms with Crippen LogP contribution in [0.5, 0.6) is 0 Å². The minimum absolute atomic E-state index is 0.145. The lowest BCUT2D eigenvalue weighted by atomic mass is 9.78. The summed E-state index contributed by atoms with van der Waals surface area (Å²) in [7, 11) is 0. The molecule has 6 nitrogen and oxygen atoms in total. The predicted octanol–water partition coefficient (Wildman–Crippen LogP) is 2.74. The van der Waals surface area contributed by atoms with Crippen LogP contribution in [0.2, 0.25) is 0 Å². The SMILES string of the molecule is CC(=O)Nc1ccc(C(=O)OCC(=O)N[C@H]2CCC[C@@H](C)[C@H]2C)cc1. The van der Waals surface area contributed by atoms with Crippen molar-refractivity contribution >= 4 is 23.5 Å². The van der Waals surface area contributed by atoms with E-state index < -0.39 is 5.97 Å². The smallest absolute Gasteiger partial charge is 0.338 e. The molecular formula is C19H26N2O4. The summed E-state index contributed by atoms with van der Waals surface area (Å²) in [4.78, 5) is 35.0. The zero-order valence-electron chi connectivity index (χ0n) is 15.0. The molecule has 136 valence electrons. The van der Waals surface area contributed by atoms with Crippen molar-refractivity contribution in [1.29, 1.82) is 0 Å². The highest BCUT2D eigenvalue weighted by Crippen LogP contribution is 2.29. The van der Waals surface area contributed by atoms with Gasteiger partial charge in [-0.1, -0.05) is 26.7 Å². The molecule has 1 saturated carbocycles. The van der Waals surface area contributed by atoms with Gasteiger partial charge in [0.25, 0.3) is 5.91 Å². The first kappa shape index (κ1) is 19.0. The topological polar surface area (TPSA) is 84.5 Å². The first-order valence-corrected chi connectivity index (χ1v) is 8.71. The van der Waals surface area contributed by atoms with E-state index in [2.05, 4.69) is 24.5 Å². The Morgan fingerprint density at radius 1 is 1.12 bits per heavy atom. The van der Waals surface area contributed by atoms with Crippen molar-refractivity contribution in [2.45, 2.75) is 46.1 Å². The molecule has 0 radical (unpaired) electrons. The summed E-state index contributed by atoms with van der Waals surface area (Å²) in [5.41, 5.74) is 0.934. The fraction of sp³-hybridized carbons (Fsp3) is 0.526. The number of rotatable bonds is 5. The van der Waals surface area contributed by atoms with Gasteiger partial charge in [0.2, 0.25) is 5.91 Å². The van der Waals surface area contributed by atoms with Gasteiger partial charge >= 0.3 is 5.97 Å². The van der Waals surface area contributed by atoms with Crippen molar-refractivity contribution < 1.29 is 19.1 Å². The Balaban J connectivity index is 1.80. The lowest BCUT2D eigenvalue weighted by Gasteiger charge is -2.34. The second-order valence-electron chi connectivity index (χ2n) is 6.78. The van der Waals surface area contributed by atoms with Crippen LogP contribution in [0.4, 0.5) is 5.69 Å². The summed E-state index contributed by atoms with van der Waals surface area (Å²) >= 11 is 0. The van der Waals surface area contributed by atoms with Gasteiger partial charge in [0.1, 0.15) is 0 Å². The molecule has 3 atom stereocenters. The Morgan fingerprint density at radius 3 is 2.44 bits per heavy atom. The van der Waals surface area contributed by atoms with Gasteiger partial charge < -0.3 is 15.4 Å². The first-order valence-electron chi connectivity index (χ1n) is 8.71. The summed E-state index contributed by atoms with van der Waals surface area (Å²) < 4.78 is 5.08. The van der Waals surface area contributed by atoms with Crippen LogP contribution < -0.4 is 10.6 Å². The molecule has 1 aliphatic carbocycles. The molecule has 0 heterocycles. The summed E-state index contributed by atoms with van der Waals surface area (Å²) in [6.07, 6.45) is 3.27. The minimum atomic E-state index is -0.561. The fourth-order valence-electron chi connectivity index (χ4n) is 3.14. The Hall–Kier alpha value is -2.37. The van der Waals surface area contributed by atoms with Crippen molar-refractivity contribution in [2.75, 3.05) is 11.9 Å². The number of nitrogens with one attached hydrogen (secondary N) is 2. The van der Waals surface area contributed by atoms with Crippen molar-refractivity contribution in [3.05, 3.63) is 29.8 Å². The molecule has 1 aliphatic rings. The molecule has 6 heteroatoms. The molecule has 1 aromatic rings. The van der Waals surface area contributed by atoms with Crippen molar-refractivity contribution in [3.8, 4) is 0 Å². The Labute approximate surface area is 148 Å². The molecule has 1 fully saturated rings. The average Bonchev–Trinajstić information content (AvgIpc) is 2.57. The van der Waals surface area contributed by atoms with E-state index in [9.17, 15) is 14.4 Å². The van der Waals surface area contributed by atoms with E-state index in [4.69, 9.17) is 4.74 Å². The monoisotopic (exact) mass is 346 g/mol. The number of carbonyl (C=O) groups is 3. The Kier molecular flexibility index (Phi) is 6.56. The molecule has 25 heavy (non-hydrogen) atoms. The zero-order valence-corrected chi connectivity index (χ0v) is 15.0. The van der Waals surface area contributed by atoms with E-state index in [0.29, 0.717) is 23.1 Å². The standard InChI is InChI=1S/C19H26N2O4/c1-12-5-4-6-17(13(12)2)21-18(23)11-25-19(24)15-7-9-16(10-8-15)20-14(3)22/h7-10,12-13,17H,4-6,11H2,1-3H3,(H,20,22)(H,21,23)/t12-,13-,17+/m1/s1. The van der Waals surface area contributed by atoms with Crippen LogP contribution in [0.3, 0.4) is 0 Å². The lowest BCUT2D eigenvalue weighted by molar-refractivity contribution is -0.125. The Morgan fingerprint density at radius 2 is 1.80 bits per heavy atom. The predicted molar refractivity (Wildman–Crippen MR) is 95.1 cm³/mol. The van der Waals surface area contributed by atoms with Gasteiger partial charge in [-0.3, -0.25) is 9.59 Å². The average molecular weight is 346 g/mol. The molecular weight excluding hydrogens is 320 g/mol. The van der Waals surface area contributed by atoms with Gasteiger partial charge in [-0.15, -0.1) is 0 Å². The van der Waals surface area contributed by atoms with Crippen LogP contribution in [0.1, 0.15) is 50.4 Å². The highest BCUT2D eigenvalue weighted by Gasteiger charge is 2.28. The van der Waals surface area contributed by atoms with Crippen LogP contribution in [0.15, 0.2) is 24.3 Å². The summed E-state index contributed by atoms with van der Waals surface area (Å²) in [5.74, 6) is 0.000424. The van der Waals surface area contributed by atoms with Gasteiger partial charge in [-0.25, -0.2) is 4.79 Å². The molecule has 0 spiro atoms. The van der Waals surface area contributed by atoms with Gasteiger partial charge in [-0.05, 0) is 42.5 Å². The summed E-state index contributed by atoms with van der Waals surface area (Å²) in [5, 5.41) is 5.59. The number of ether oxygens (including phenoxy) is 1. The number of carbonyl (C=O) groups excluding carboxylic acids is 3. The van der Waals surface area contributed by atoms with Crippen LogP contribution in [-0.4, -0.2) is 30.4 Å². The quantitative estimate of drug-likeness (QED) is 0.803. The van der Waals surface area contributed by atoms with Crippen LogP contribution in [-0.2, 0) is 14.3 Å². The van der Waals surface area contributed by atoms with Crippen molar-refractivity contribution in [1.82, 2.24) is 5.32 Å². The van der Waals surface area contributed by atoms with Crippen molar-refractivity contribution in [3.63, 3.8) is 0 Å². The minimum Gasteiger partial charge on any atom is -0.452 e. The van der Waals surface area contributed by atoms with Crippen molar-refractivity contribution in [2.24, 2.45) is 11.8 Å². The largest absolute Gasteiger partial charge is 0.452 e. The third-order valence-electron chi connectivity index (χ3n) is 4.83. The number of benzene rings is 1. The summed E-state index contributed by atoms with van der Waals surface area (Å²) in [6, 6.07) is 6.48. The maximum atomic E-state index is 12.0. The second kappa shape index (κ2) is 8.65. The maximum Gasteiger partial charge on any atom is 0.338 e. The lowest BCUT2D eigenvalue weighted by Crippen LogP contribution is -2.45. The highest BCUT2D eigenvalue weighted by molar-refractivity contribution is 5.93. The molecule has 0 aliphatic heterocycles. The van der Waals surface area contributed by atoms with E-state index in [0.717, 1.165) is 12.8 Å². The molecule has 2 amide bonds. The molecule has 2 rings (SSSR count). The molecule has 1 aromatic carbocycles. The Bertz CT molecular complexity index is 627. The summed E-state index contributed by atoms with van der Waals surface area (Å²) in [6.45, 7) is 5.48. The van der Waals surface area contributed by atoms with E-state index >= 15 is 0 Å². The van der Waals surface area contributed by atoms with Gasteiger partial charge in [0, 0.05) is 18.7 Å². The second-order valence-corrected chi connectivity index (χ2v) is 6.78. The number of anilines is 1. The number of amides is 2. The maximum absolute atomic E-state index is 12.0. The molecule has 0 bridgehead atoms. The third-order valence-corrected chi connectivity index (χ3v) is 4.83. The molecule has 0 aromatic heterocycles. The zero-order chi connectivity index (χ0) is 18.4. The van der Waals surface area contributed by atoms with Gasteiger partial charge in [0.05, 0.1) is 5.56 Å².